The molecule has 10 amide bonds. The molecule has 5 rings (SSSR count). The summed E-state index contributed by atoms with van der Waals surface area (Å²) >= 11 is 0. The third kappa shape index (κ3) is 18.0. The van der Waals surface area contributed by atoms with E-state index in [1.807, 2.05) is 33.8 Å². The Balaban J connectivity index is 1.58. The lowest BCUT2D eigenvalue weighted by atomic mass is 9.99. The molecule has 12 N–H and O–H groups in total. The Morgan fingerprint density at radius 1 is 0.525 bits per heavy atom. The number of nitrogens with two attached hydrogens (primary N) is 2. The highest BCUT2D eigenvalue weighted by Crippen LogP contribution is 2.24. The molecule has 4 unspecified atom stereocenters. The Kier molecular flexibility index (Phi) is 24.4. The smallest absolute Gasteiger partial charge is 0.254 e. The van der Waals surface area contributed by atoms with E-state index in [1.165, 1.54) is 9.80 Å². The fourth-order valence-electron chi connectivity index (χ4n) is 10.5. The van der Waals surface area contributed by atoms with E-state index in [4.69, 9.17) is 11.5 Å². The molecule has 2 aromatic rings. The van der Waals surface area contributed by atoms with Crippen LogP contribution in [0.4, 0.5) is 0 Å². The summed E-state index contributed by atoms with van der Waals surface area (Å²) in [5.41, 5.74) is 12.8. The maximum Gasteiger partial charge on any atom is 0.254 e. The van der Waals surface area contributed by atoms with Crippen molar-refractivity contribution < 1.29 is 47.9 Å². The van der Waals surface area contributed by atoms with Gasteiger partial charge in [0.25, 0.3) is 5.91 Å². The Morgan fingerprint density at radius 2 is 0.963 bits per heavy atom. The molecule has 0 saturated carbocycles. The molecular formula is C58H88N12O10. The van der Waals surface area contributed by atoms with Crippen molar-refractivity contribution >= 4 is 59.1 Å². The number of hydrogen-bond acceptors (Lipinski definition) is 12. The van der Waals surface area contributed by atoms with Crippen LogP contribution in [0.5, 0.6) is 0 Å². The van der Waals surface area contributed by atoms with Gasteiger partial charge in [-0.1, -0.05) is 104 Å². The second kappa shape index (κ2) is 30.6. The standard InChI is InChI=1S/C58H88N12O10/c1-33(2)28-42-51(73)61-39-31-46(70(32-39)57(79)38-20-13-10-14-21-38)54(76)68-48(36(7)8)56(78)63-41(23-16-26-60)50(72)65-43(29-34(3)4)52(74)66-44(30-37-18-11-9-12-19-37)58(80)69-27-17-24-45(69)53(75)67-47(35(5)6)55(77)62-40(22-15-25-59)49(71)64-42/h9-14,18-21,33-36,39-48H,15-17,22-32,59-60H2,1-8H3,(H,61,73)(H,62,77)(H,63,78)(H,64,71)(H,65,72)(H,66,74)(H,67,75)(H,68,76)/t39-,40+,41+,42+,43?,44?,45+,46+,47?,48?/m1/s1. The highest BCUT2D eigenvalue weighted by Gasteiger charge is 2.44. The number of carbonyl (C=O) groups is 10. The second-order valence-corrected chi connectivity index (χ2v) is 23.0. The minimum absolute atomic E-state index is 0.0265. The third-order valence-corrected chi connectivity index (χ3v) is 14.8. The van der Waals surface area contributed by atoms with Gasteiger partial charge in [0.15, 0.2) is 0 Å². The molecule has 3 aliphatic rings. The summed E-state index contributed by atoms with van der Waals surface area (Å²) in [6.07, 6.45) is 1.71. The normalized spacial score (nSPS) is 26.6. The van der Waals surface area contributed by atoms with Crippen LogP contribution in [0.15, 0.2) is 60.7 Å². The molecule has 3 aliphatic heterocycles. The van der Waals surface area contributed by atoms with E-state index in [0.717, 1.165) is 0 Å². The van der Waals surface area contributed by atoms with E-state index in [9.17, 15) is 47.9 Å². The van der Waals surface area contributed by atoms with Crippen molar-refractivity contribution in [2.24, 2.45) is 35.1 Å². The largest absolute Gasteiger partial charge is 0.350 e. The van der Waals surface area contributed by atoms with Crippen LogP contribution >= 0.6 is 0 Å². The molecule has 10 atom stereocenters. The topological polar surface area (TPSA) is 325 Å². The lowest BCUT2D eigenvalue weighted by molar-refractivity contribution is -0.143. The first-order valence-corrected chi connectivity index (χ1v) is 28.6. The second-order valence-electron chi connectivity index (χ2n) is 23.0. The van der Waals surface area contributed by atoms with Gasteiger partial charge in [-0.05, 0) is 112 Å². The zero-order valence-corrected chi connectivity index (χ0v) is 47.9. The van der Waals surface area contributed by atoms with Crippen LogP contribution in [-0.2, 0) is 49.6 Å². The molecule has 2 aromatic carbocycles. The predicted octanol–water partition coefficient (Wildman–Crippen LogP) is 0.909. The average Bonchev–Trinajstić information content (AvgIpc) is 4.16. The van der Waals surface area contributed by atoms with Crippen molar-refractivity contribution in [3.63, 3.8) is 0 Å². The van der Waals surface area contributed by atoms with Crippen molar-refractivity contribution in [1.82, 2.24) is 52.3 Å². The van der Waals surface area contributed by atoms with E-state index < -0.39 is 131 Å². The highest BCUT2D eigenvalue weighted by molar-refractivity contribution is 6.01. The summed E-state index contributed by atoms with van der Waals surface area (Å²) < 4.78 is 0. The molecular weight excluding hydrogens is 1020 g/mol. The van der Waals surface area contributed by atoms with Crippen LogP contribution in [0.3, 0.4) is 0 Å². The van der Waals surface area contributed by atoms with Gasteiger partial charge in [-0.3, -0.25) is 47.9 Å². The minimum Gasteiger partial charge on any atom is -0.350 e. The summed E-state index contributed by atoms with van der Waals surface area (Å²) in [6.45, 7) is 14.7. The molecule has 0 aromatic heterocycles. The van der Waals surface area contributed by atoms with Crippen LogP contribution < -0.4 is 54.0 Å². The molecule has 3 heterocycles. The SMILES string of the molecule is CC(C)CC1NC(=O)[C@H](CCCN)NC(=O)C(C(C)C)NC(=O)[C@@H]2C[C@H](CN2C(=O)c2ccccc2)NC(=O)[C@H](CC(C)C)NC(=O)[C@H](CCCN)NC(=O)C(C(C)C)NC(=O)[C@@H]2CCCN2C(=O)C(Cc2ccccc2)NC1=O. The lowest BCUT2D eigenvalue weighted by Gasteiger charge is -2.32. The summed E-state index contributed by atoms with van der Waals surface area (Å²) in [6, 6.07) is 5.86. The van der Waals surface area contributed by atoms with Crippen molar-refractivity contribution in [3.8, 4) is 0 Å². The quantitative estimate of drug-likeness (QED) is 0.119. The number of amides is 10. The van der Waals surface area contributed by atoms with E-state index in [0.29, 0.717) is 24.8 Å². The van der Waals surface area contributed by atoms with Gasteiger partial charge in [-0.15, -0.1) is 0 Å². The average molecular weight is 1110 g/mol. The van der Waals surface area contributed by atoms with Gasteiger partial charge in [0.1, 0.15) is 54.4 Å². The zero-order chi connectivity index (χ0) is 58.8. The van der Waals surface area contributed by atoms with E-state index in [2.05, 4.69) is 42.5 Å². The zero-order valence-electron chi connectivity index (χ0n) is 47.9. The van der Waals surface area contributed by atoms with Crippen LogP contribution in [0.1, 0.15) is 129 Å². The third-order valence-electron chi connectivity index (χ3n) is 14.8. The van der Waals surface area contributed by atoms with Gasteiger partial charge in [0, 0.05) is 31.1 Å². The molecule has 0 aliphatic carbocycles. The first kappa shape index (κ1) is 63.9. The predicted molar refractivity (Wildman–Crippen MR) is 301 cm³/mol. The van der Waals surface area contributed by atoms with Gasteiger partial charge < -0.3 is 63.8 Å². The van der Waals surface area contributed by atoms with Gasteiger partial charge >= 0.3 is 0 Å². The van der Waals surface area contributed by atoms with Crippen LogP contribution in [0.25, 0.3) is 0 Å². The highest BCUT2D eigenvalue weighted by atomic mass is 16.2. The summed E-state index contributed by atoms with van der Waals surface area (Å²) in [7, 11) is 0. The molecule has 2 bridgehead atoms. The monoisotopic (exact) mass is 1110 g/mol. The van der Waals surface area contributed by atoms with E-state index >= 15 is 0 Å². The fraction of sp³-hybridized carbons (Fsp3) is 0.621. The lowest BCUT2D eigenvalue weighted by Crippen LogP contribution is -2.61. The maximum atomic E-state index is 14.9. The van der Waals surface area contributed by atoms with Crippen LogP contribution in [0.2, 0.25) is 0 Å². The Labute approximate surface area is 470 Å². The van der Waals surface area contributed by atoms with Crippen molar-refractivity contribution in [2.45, 2.75) is 180 Å². The van der Waals surface area contributed by atoms with Crippen LogP contribution in [-0.4, -0.2) is 155 Å². The fourth-order valence-corrected chi connectivity index (χ4v) is 10.5. The van der Waals surface area contributed by atoms with Gasteiger partial charge in [-0.25, -0.2) is 0 Å². The molecule has 22 heteroatoms. The summed E-state index contributed by atoms with van der Waals surface area (Å²) in [5.74, 6) is -7.73. The van der Waals surface area contributed by atoms with Crippen molar-refractivity contribution in [1.29, 1.82) is 0 Å². The molecule has 3 fully saturated rings. The summed E-state index contributed by atoms with van der Waals surface area (Å²) in [5, 5.41) is 22.8. The van der Waals surface area contributed by atoms with Crippen molar-refractivity contribution in [2.75, 3.05) is 26.2 Å². The molecule has 3 saturated heterocycles. The number of rotatable bonds is 15. The number of fused-ring (bicyclic) bond motifs is 3. The maximum absolute atomic E-state index is 14.9. The molecule has 22 nitrogen and oxygen atoms in total. The number of benzene rings is 2. The van der Waals surface area contributed by atoms with Gasteiger partial charge in [0.2, 0.25) is 53.2 Å². The number of likely N-dealkylation sites (tertiary alicyclic amines) is 1. The summed E-state index contributed by atoms with van der Waals surface area (Å²) in [4.78, 5) is 147. The number of hydrogen-bond donors (Lipinski definition) is 10. The van der Waals surface area contributed by atoms with Gasteiger partial charge in [-0.2, -0.15) is 0 Å². The molecule has 440 valence electrons. The van der Waals surface area contributed by atoms with E-state index in [-0.39, 0.29) is 88.5 Å². The number of carbonyl (C=O) groups excluding carboxylic acids is 10. The number of nitrogens with one attached hydrogen (secondary N) is 8. The minimum atomic E-state index is -1.24. The first-order chi connectivity index (χ1) is 38.0. The number of nitrogens with zero attached hydrogens (tertiary/aromatic N) is 2. The Hall–Kier alpha value is -6.94. The molecule has 0 spiro atoms. The Bertz CT molecular complexity index is 2460. The molecule has 80 heavy (non-hydrogen) atoms. The van der Waals surface area contributed by atoms with Gasteiger partial charge in [0.05, 0.1) is 0 Å². The molecule has 0 radical (unpaired) electrons. The Morgan fingerprint density at radius 3 is 1.44 bits per heavy atom. The van der Waals surface area contributed by atoms with E-state index in [1.54, 1.807) is 82.3 Å². The van der Waals surface area contributed by atoms with Crippen LogP contribution in [0, 0.1) is 23.7 Å². The first-order valence-electron chi connectivity index (χ1n) is 28.6. The van der Waals surface area contributed by atoms with Crippen molar-refractivity contribution in [3.05, 3.63) is 71.8 Å².